The normalized spacial score (nSPS) is 11.3. The van der Waals surface area contributed by atoms with Gasteiger partial charge in [0.1, 0.15) is 5.60 Å². The molecule has 0 aliphatic carbocycles. The lowest BCUT2D eigenvalue weighted by Crippen LogP contribution is -2.29. The van der Waals surface area contributed by atoms with Gasteiger partial charge in [0.15, 0.2) is 5.69 Å². The number of aromatic nitrogens is 2. The molecule has 0 atom stereocenters. The first-order valence-corrected chi connectivity index (χ1v) is 5.36. The molecule has 72 valence electrons. The summed E-state index contributed by atoms with van der Waals surface area (Å²) >= 11 is 2.18. The first kappa shape index (κ1) is 10.5. The molecule has 0 spiro atoms. The third-order valence-corrected chi connectivity index (χ3v) is 3.24. The van der Waals surface area contributed by atoms with E-state index in [0.29, 0.717) is 5.69 Å². The average molecular weight is 294 g/mol. The average Bonchev–Trinajstić information content (AvgIpc) is 2.55. The Morgan fingerprint density at radius 1 is 1.77 bits per heavy atom. The fourth-order valence-corrected chi connectivity index (χ4v) is 0.858. The number of aromatic amines is 1. The minimum absolute atomic E-state index is 0.318. The van der Waals surface area contributed by atoms with E-state index in [0.717, 1.165) is 4.43 Å². The minimum Gasteiger partial charge on any atom is -0.454 e. The van der Waals surface area contributed by atoms with E-state index in [9.17, 15) is 4.79 Å². The molecule has 0 bridgehead atoms. The molecule has 0 saturated heterocycles. The number of alkyl halides is 1. The van der Waals surface area contributed by atoms with Crippen LogP contribution in [0.15, 0.2) is 12.5 Å². The number of nitrogens with one attached hydrogen (secondary N) is 1. The zero-order chi connectivity index (χ0) is 9.90. The Kier molecular flexibility index (Phi) is 3.29. The van der Waals surface area contributed by atoms with Crippen molar-refractivity contribution in [1.82, 2.24) is 9.97 Å². The molecule has 0 aliphatic rings. The van der Waals surface area contributed by atoms with E-state index < -0.39 is 5.60 Å². The van der Waals surface area contributed by atoms with Crippen molar-refractivity contribution in [2.75, 3.05) is 4.43 Å². The molecule has 1 aromatic rings. The van der Waals surface area contributed by atoms with Crippen LogP contribution in [-0.4, -0.2) is 26.0 Å². The number of carbonyl (C=O) groups excluding carboxylic acids is 1. The summed E-state index contributed by atoms with van der Waals surface area (Å²) in [5, 5.41) is 0. The first-order chi connectivity index (χ1) is 6.05. The van der Waals surface area contributed by atoms with Crippen LogP contribution in [0.25, 0.3) is 0 Å². The predicted molar refractivity (Wildman–Crippen MR) is 57.0 cm³/mol. The van der Waals surface area contributed by atoms with Crippen molar-refractivity contribution in [3.05, 3.63) is 18.2 Å². The number of hydrogen-bond donors (Lipinski definition) is 1. The smallest absolute Gasteiger partial charge is 0.359 e. The predicted octanol–water partition coefficient (Wildman–Crippen LogP) is 1.78. The Morgan fingerprint density at radius 3 is 2.92 bits per heavy atom. The number of hydrogen-bond acceptors (Lipinski definition) is 3. The van der Waals surface area contributed by atoms with Crippen LogP contribution in [-0.2, 0) is 4.74 Å². The van der Waals surface area contributed by atoms with Crippen LogP contribution in [0.3, 0.4) is 0 Å². The molecule has 0 saturated carbocycles. The number of esters is 1. The molecule has 1 heterocycles. The van der Waals surface area contributed by atoms with E-state index in [-0.39, 0.29) is 5.97 Å². The molecular formula is C8H11IN2O2. The second kappa shape index (κ2) is 4.08. The fourth-order valence-electron chi connectivity index (χ4n) is 0.702. The molecule has 4 nitrogen and oxygen atoms in total. The molecule has 1 rings (SSSR count). The number of nitrogens with zero attached hydrogens (tertiary/aromatic N) is 1. The van der Waals surface area contributed by atoms with Gasteiger partial charge in [0, 0.05) is 10.6 Å². The summed E-state index contributed by atoms with van der Waals surface area (Å²) in [4.78, 5) is 17.9. The molecule has 5 heteroatoms. The van der Waals surface area contributed by atoms with Crippen LogP contribution in [0.2, 0.25) is 0 Å². The molecule has 0 unspecified atom stereocenters. The standard InChI is InChI=1S/C8H11IN2O2/c1-8(2,4-9)13-7(12)6-3-10-5-11-6/h3,5H,4H2,1-2H3,(H,10,11). The summed E-state index contributed by atoms with van der Waals surface area (Å²) in [7, 11) is 0. The highest BCUT2D eigenvalue weighted by Gasteiger charge is 2.22. The third kappa shape index (κ3) is 2.98. The van der Waals surface area contributed by atoms with Crippen LogP contribution in [0.1, 0.15) is 24.3 Å². The van der Waals surface area contributed by atoms with Gasteiger partial charge in [-0.05, 0) is 13.8 Å². The molecule has 0 radical (unpaired) electrons. The Bertz CT molecular complexity index is 282. The molecule has 0 amide bonds. The molecule has 1 N–H and O–H groups in total. The third-order valence-electron chi connectivity index (χ3n) is 1.40. The molecule has 0 fully saturated rings. The number of imidazole rings is 1. The van der Waals surface area contributed by atoms with E-state index >= 15 is 0 Å². The highest BCUT2D eigenvalue weighted by molar-refractivity contribution is 14.1. The van der Waals surface area contributed by atoms with Gasteiger partial charge in [0.05, 0.1) is 6.33 Å². The van der Waals surface area contributed by atoms with Crippen molar-refractivity contribution in [1.29, 1.82) is 0 Å². The summed E-state index contributed by atoms with van der Waals surface area (Å²) in [5.74, 6) is -0.386. The largest absolute Gasteiger partial charge is 0.454 e. The van der Waals surface area contributed by atoms with Gasteiger partial charge in [0.25, 0.3) is 0 Å². The molecule has 1 aromatic heterocycles. The Morgan fingerprint density at radius 2 is 2.46 bits per heavy atom. The Labute approximate surface area is 90.2 Å². The van der Waals surface area contributed by atoms with Crippen molar-refractivity contribution in [2.45, 2.75) is 19.4 Å². The van der Waals surface area contributed by atoms with E-state index in [1.54, 1.807) is 0 Å². The summed E-state index contributed by atoms with van der Waals surface area (Å²) in [6, 6.07) is 0. The van der Waals surface area contributed by atoms with Crippen LogP contribution in [0, 0.1) is 0 Å². The van der Waals surface area contributed by atoms with Crippen molar-refractivity contribution in [2.24, 2.45) is 0 Å². The summed E-state index contributed by atoms with van der Waals surface area (Å²) in [6.45, 7) is 3.73. The van der Waals surface area contributed by atoms with Crippen LogP contribution >= 0.6 is 22.6 Å². The van der Waals surface area contributed by atoms with Gasteiger partial charge in [0.2, 0.25) is 0 Å². The lowest BCUT2D eigenvalue weighted by Gasteiger charge is -2.21. The van der Waals surface area contributed by atoms with Crippen LogP contribution < -0.4 is 0 Å². The number of H-pyrrole nitrogens is 1. The number of ether oxygens (including phenoxy) is 1. The maximum atomic E-state index is 11.4. The van der Waals surface area contributed by atoms with Crippen LogP contribution in [0.5, 0.6) is 0 Å². The zero-order valence-corrected chi connectivity index (χ0v) is 9.66. The van der Waals surface area contributed by atoms with Gasteiger partial charge in [-0.25, -0.2) is 9.78 Å². The highest BCUT2D eigenvalue weighted by Crippen LogP contribution is 2.14. The van der Waals surface area contributed by atoms with Gasteiger partial charge in [-0.15, -0.1) is 0 Å². The number of rotatable bonds is 3. The SMILES string of the molecule is CC(C)(CI)OC(=O)c1c[nH]cn1. The zero-order valence-electron chi connectivity index (χ0n) is 7.50. The molecular weight excluding hydrogens is 283 g/mol. The van der Waals surface area contributed by atoms with Gasteiger partial charge in [-0.3, -0.25) is 0 Å². The van der Waals surface area contributed by atoms with Gasteiger partial charge >= 0.3 is 5.97 Å². The first-order valence-electron chi connectivity index (χ1n) is 3.83. The maximum absolute atomic E-state index is 11.4. The van der Waals surface area contributed by atoms with Crippen LogP contribution in [0.4, 0.5) is 0 Å². The van der Waals surface area contributed by atoms with Crippen molar-refractivity contribution >= 4 is 28.6 Å². The molecule has 13 heavy (non-hydrogen) atoms. The van der Waals surface area contributed by atoms with Crippen molar-refractivity contribution in [3.63, 3.8) is 0 Å². The number of halogens is 1. The Balaban J connectivity index is 2.61. The highest BCUT2D eigenvalue weighted by atomic mass is 127. The van der Waals surface area contributed by atoms with Gasteiger partial charge < -0.3 is 9.72 Å². The van der Waals surface area contributed by atoms with E-state index in [2.05, 4.69) is 32.6 Å². The minimum atomic E-state index is -0.434. The second-order valence-electron chi connectivity index (χ2n) is 3.24. The monoisotopic (exact) mass is 294 g/mol. The van der Waals surface area contributed by atoms with E-state index in [1.807, 2.05) is 13.8 Å². The Hall–Kier alpha value is -0.590. The van der Waals surface area contributed by atoms with Gasteiger partial charge in [-0.2, -0.15) is 0 Å². The summed E-state index contributed by atoms with van der Waals surface area (Å²) in [5.41, 5.74) is -0.116. The quantitative estimate of drug-likeness (QED) is 0.525. The summed E-state index contributed by atoms with van der Waals surface area (Å²) < 4.78 is 5.95. The van der Waals surface area contributed by atoms with E-state index in [4.69, 9.17) is 4.74 Å². The number of carbonyl (C=O) groups is 1. The topological polar surface area (TPSA) is 55.0 Å². The lowest BCUT2D eigenvalue weighted by atomic mass is 10.2. The fraction of sp³-hybridized carbons (Fsp3) is 0.500. The van der Waals surface area contributed by atoms with E-state index in [1.165, 1.54) is 12.5 Å². The van der Waals surface area contributed by atoms with Crippen molar-refractivity contribution in [3.8, 4) is 0 Å². The second-order valence-corrected chi connectivity index (χ2v) is 4.00. The molecule has 0 aromatic carbocycles. The summed E-state index contributed by atoms with van der Waals surface area (Å²) in [6.07, 6.45) is 2.97. The van der Waals surface area contributed by atoms with Gasteiger partial charge in [-0.1, -0.05) is 22.6 Å². The van der Waals surface area contributed by atoms with Crippen molar-refractivity contribution < 1.29 is 9.53 Å². The molecule has 0 aliphatic heterocycles. The lowest BCUT2D eigenvalue weighted by molar-refractivity contribution is 0.00927. The maximum Gasteiger partial charge on any atom is 0.359 e.